The summed E-state index contributed by atoms with van der Waals surface area (Å²) in [7, 11) is 0. The molecule has 0 aliphatic carbocycles. The first-order chi connectivity index (χ1) is 9.20. The summed E-state index contributed by atoms with van der Waals surface area (Å²) in [4.78, 5) is 30.1. The first-order valence-electron chi connectivity index (χ1n) is 6.14. The minimum Gasteiger partial charge on any atom is -0.355 e. The Kier molecular flexibility index (Phi) is 4.64. The van der Waals surface area contributed by atoms with Crippen molar-refractivity contribution >= 4 is 27.5 Å². The van der Waals surface area contributed by atoms with Gasteiger partial charge in [-0.25, -0.2) is 4.98 Å². The van der Waals surface area contributed by atoms with E-state index in [2.05, 4.69) is 20.6 Å². The quantitative estimate of drug-likeness (QED) is 0.723. The van der Waals surface area contributed by atoms with Crippen molar-refractivity contribution < 1.29 is 4.79 Å². The Bertz CT molecular complexity index is 619. The molecular weight excluding hydrogens is 264 g/mol. The fourth-order valence-corrected chi connectivity index (χ4v) is 2.35. The molecule has 0 saturated heterocycles. The lowest BCUT2D eigenvalue weighted by Crippen LogP contribution is -2.34. The maximum absolute atomic E-state index is 11.7. The van der Waals surface area contributed by atoms with Gasteiger partial charge in [-0.1, -0.05) is 6.92 Å². The Labute approximate surface area is 114 Å². The third-order valence-corrected chi connectivity index (χ3v) is 3.42. The number of nitrogens with one attached hydrogen (secondary N) is 3. The predicted molar refractivity (Wildman–Crippen MR) is 75.2 cm³/mol. The minimum atomic E-state index is -0.132. The molecule has 0 atom stereocenters. The number of carbonyl (C=O) groups is 1. The van der Waals surface area contributed by atoms with Crippen molar-refractivity contribution in [2.24, 2.45) is 0 Å². The van der Waals surface area contributed by atoms with Crippen molar-refractivity contribution in [2.75, 3.05) is 13.1 Å². The largest absolute Gasteiger partial charge is 0.355 e. The van der Waals surface area contributed by atoms with Crippen LogP contribution in [-0.4, -0.2) is 29.0 Å². The summed E-state index contributed by atoms with van der Waals surface area (Å²) in [5, 5.41) is 7.55. The number of amides is 1. The number of aromatic nitrogens is 2. The molecule has 0 aromatic carbocycles. The number of nitrogens with zero attached hydrogens (tertiary/aromatic N) is 1. The van der Waals surface area contributed by atoms with Gasteiger partial charge in [-0.05, 0) is 17.9 Å². The van der Waals surface area contributed by atoms with Crippen molar-refractivity contribution in [1.82, 2.24) is 20.6 Å². The lowest BCUT2D eigenvalue weighted by atomic mass is 10.4. The molecule has 2 rings (SSSR count). The standard InChI is InChI=1S/C12H16N4O2S/c1-2-4-14-10(17)7-13-6-9-15-8-3-5-19-11(8)12(18)16-9/h3,5,13H,2,4,6-7H2,1H3,(H,14,17)(H,15,16,18). The van der Waals surface area contributed by atoms with Crippen LogP contribution < -0.4 is 16.2 Å². The molecule has 7 heteroatoms. The fourth-order valence-electron chi connectivity index (χ4n) is 1.63. The van der Waals surface area contributed by atoms with Crippen molar-refractivity contribution in [2.45, 2.75) is 19.9 Å². The molecular formula is C12H16N4O2S. The molecule has 0 spiro atoms. The molecule has 2 aromatic heterocycles. The average Bonchev–Trinajstić information content (AvgIpc) is 2.85. The Morgan fingerprint density at radius 3 is 3.16 bits per heavy atom. The Hall–Kier alpha value is -1.73. The summed E-state index contributed by atoms with van der Waals surface area (Å²) in [6, 6.07) is 1.81. The van der Waals surface area contributed by atoms with Gasteiger partial charge in [0.25, 0.3) is 5.56 Å². The van der Waals surface area contributed by atoms with Crippen LogP contribution in [0.5, 0.6) is 0 Å². The summed E-state index contributed by atoms with van der Waals surface area (Å²) < 4.78 is 0.629. The molecule has 2 heterocycles. The summed E-state index contributed by atoms with van der Waals surface area (Å²) in [6.07, 6.45) is 0.912. The first kappa shape index (κ1) is 13.7. The second kappa shape index (κ2) is 6.44. The van der Waals surface area contributed by atoms with Gasteiger partial charge in [-0.2, -0.15) is 0 Å². The van der Waals surface area contributed by atoms with E-state index in [9.17, 15) is 9.59 Å². The van der Waals surface area contributed by atoms with Gasteiger partial charge in [0.05, 0.1) is 18.6 Å². The van der Waals surface area contributed by atoms with E-state index in [0.717, 1.165) is 6.42 Å². The van der Waals surface area contributed by atoms with Gasteiger partial charge < -0.3 is 15.6 Å². The Morgan fingerprint density at radius 1 is 1.53 bits per heavy atom. The van der Waals surface area contributed by atoms with Gasteiger partial charge >= 0.3 is 0 Å². The minimum absolute atomic E-state index is 0.0548. The van der Waals surface area contributed by atoms with Crippen LogP contribution in [0.3, 0.4) is 0 Å². The number of hydrogen-bond donors (Lipinski definition) is 3. The lowest BCUT2D eigenvalue weighted by Gasteiger charge is -2.05. The molecule has 2 aromatic rings. The van der Waals surface area contributed by atoms with Crippen molar-refractivity contribution in [3.8, 4) is 0 Å². The summed E-state index contributed by atoms with van der Waals surface area (Å²) in [5.74, 6) is 0.486. The second-order valence-electron chi connectivity index (χ2n) is 4.10. The van der Waals surface area contributed by atoms with Gasteiger partial charge in [-0.15, -0.1) is 11.3 Å². The van der Waals surface area contributed by atoms with Gasteiger partial charge in [0.2, 0.25) is 5.91 Å². The van der Waals surface area contributed by atoms with Crippen molar-refractivity contribution in [3.05, 3.63) is 27.6 Å². The first-order valence-corrected chi connectivity index (χ1v) is 7.02. The number of aromatic amines is 1. The zero-order valence-corrected chi connectivity index (χ0v) is 11.5. The number of H-pyrrole nitrogens is 1. The molecule has 0 saturated carbocycles. The molecule has 0 unspecified atom stereocenters. The molecule has 1 amide bonds. The van der Waals surface area contributed by atoms with Gasteiger partial charge in [-0.3, -0.25) is 9.59 Å². The number of thiophene rings is 1. The zero-order chi connectivity index (χ0) is 13.7. The van der Waals surface area contributed by atoms with Crippen LogP contribution >= 0.6 is 11.3 Å². The van der Waals surface area contributed by atoms with Crippen LogP contribution in [0, 0.1) is 0 Å². The van der Waals surface area contributed by atoms with Crippen LogP contribution in [0.15, 0.2) is 16.2 Å². The van der Waals surface area contributed by atoms with E-state index < -0.39 is 0 Å². The van der Waals surface area contributed by atoms with E-state index in [1.165, 1.54) is 11.3 Å². The molecule has 19 heavy (non-hydrogen) atoms. The molecule has 0 bridgehead atoms. The van der Waals surface area contributed by atoms with Gasteiger partial charge in [0.15, 0.2) is 0 Å². The molecule has 0 aliphatic rings. The van der Waals surface area contributed by atoms with Crippen LogP contribution in [0.2, 0.25) is 0 Å². The van der Waals surface area contributed by atoms with Crippen LogP contribution in [-0.2, 0) is 11.3 Å². The number of rotatable bonds is 6. The number of hydrogen-bond acceptors (Lipinski definition) is 5. The fraction of sp³-hybridized carbons (Fsp3) is 0.417. The topological polar surface area (TPSA) is 86.9 Å². The SMILES string of the molecule is CCCNC(=O)CNCc1nc2ccsc2c(=O)[nH]1. The number of carbonyl (C=O) groups excluding carboxylic acids is 1. The van der Waals surface area contributed by atoms with E-state index in [1.807, 2.05) is 18.4 Å². The highest BCUT2D eigenvalue weighted by molar-refractivity contribution is 7.17. The third-order valence-electron chi connectivity index (χ3n) is 2.51. The smallest absolute Gasteiger partial charge is 0.268 e. The van der Waals surface area contributed by atoms with Crippen LogP contribution in [0.25, 0.3) is 10.2 Å². The van der Waals surface area contributed by atoms with Crippen LogP contribution in [0.4, 0.5) is 0 Å². The molecule has 0 fully saturated rings. The highest BCUT2D eigenvalue weighted by Crippen LogP contribution is 2.13. The van der Waals surface area contributed by atoms with E-state index in [0.29, 0.717) is 29.1 Å². The van der Waals surface area contributed by atoms with E-state index >= 15 is 0 Å². The van der Waals surface area contributed by atoms with E-state index in [4.69, 9.17) is 0 Å². The maximum atomic E-state index is 11.7. The summed E-state index contributed by atoms with van der Waals surface area (Å²) in [6.45, 7) is 3.25. The summed E-state index contributed by atoms with van der Waals surface area (Å²) in [5.41, 5.74) is 0.563. The van der Waals surface area contributed by atoms with Gasteiger partial charge in [0, 0.05) is 6.54 Å². The number of fused-ring (bicyclic) bond motifs is 1. The second-order valence-corrected chi connectivity index (χ2v) is 5.02. The zero-order valence-electron chi connectivity index (χ0n) is 10.7. The van der Waals surface area contributed by atoms with Crippen LogP contribution in [0.1, 0.15) is 19.2 Å². The molecule has 3 N–H and O–H groups in total. The van der Waals surface area contributed by atoms with Crippen molar-refractivity contribution in [1.29, 1.82) is 0 Å². The average molecular weight is 280 g/mol. The van der Waals surface area contributed by atoms with E-state index in [-0.39, 0.29) is 18.0 Å². The molecule has 0 radical (unpaired) electrons. The third kappa shape index (κ3) is 3.62. The Balaban J connectivity index is 1.91. The molecule has 102 valence electrons. The molecule has 0 aliphatic heterocycles. The van der Waals surface area contributed by atoms with E-state index in [1.54, 1.807) is 0 Å². The lowest BCUT2D eigenvalue weighted by molar-refractivity contribution is -0.120. The highest BCUT2D eigenvalue weighted by Gasteiger charge is 2.05. The Morgan fingerprint density at radius 2 is 2.37 bits per heavy atom. The predicted octanol–water partition coefficient (Wildman–Crippen LogP) is 0.600. The monoisotopic (exact) mass is 280 g/mol. The van der Waals surface area contributed by atoms with Gasteiger partial charge in [0.1, 0.15) is 10.5 Å². The maximum Gasteiger partial charge on any atom is 0.268 e. The summed E-state index contributed by atoms with van der Waals surface area (Å²) >= 11 is 1.37. The normalized spacial score (nSPS) is 10.8. The molecule has 6 nitrogen and oxygen atoms in total. The van der Waals surface area contributed by atoms with Crippen molar-refractivity contribution in [3.63, 3.8) is 0 Å². The highest BCUT2D eigenvalue weighted by atomic mass is 32.1.